The minimum Gasteiger partial charge on any atom is -0.324 e. The highest BCUT2D eigenvalue weighted by atomic mass is 16.1. The molecule has 2 N–H and O–H groups in total. The van der Waals surface area contributed by atoms with Gasteiger partial charge in [0.25, 0.3) is 0 Å². The molecule has 0 saturated carbocycles. The summed E-state index contributed by atoms with van der Waals surface area (Å²) in [5, 5.41) is 14.7. The first-order chi connectivity index (χ1) is 9.79. The van der Waals surface area contributed by atoms with Crippen LogP contribution in [0, 0.1) is 11.3 Å². The van der Waals surface area contributed by atoms with Gasteiger partial charge in [-0.2, -0.15) is 5.26 Å². The Hall–Kier alpha value is -2.71. The van der Waals surface area contributed by atoms with Gasteiger partial charge in [0.15, 0.2) is 0 Å². The van der Waals surface area contributed by atoms with Gasteiger partial charge in [-0.25, -0.2) is 0 Å². The van der Waals surface area contributed by atoms with Gasteiger partial charge in [-0.15, -0.1) is 0 Å². The molecule has 0 aliphatic rings. The summed E-state index contributed by atoms with van der Waals surface area (Å²) in [7, 11) is 0. The van der Waals surface area contributed by atoms with Crippen LogP contribution < -0.4 is 10.6 Å². The number of hydrogen-bond acceptors (Lipinski definition) is 4. The summed E-state index contributed by atoms with van der Waals surface area (Å²) >= 11 is 0. The van der Waals surface area contributed by atoms with Gasteiger partial charge in [-0.3, -0.25) is 9.78 Å². The smallest absolute Gasteiger partial charge is 0.238 e. The number of carbonyl (C=O) groups excluding carboxylic acids is 1. The highest BCUT2D eigenvalue weighted by Crippen LogP contribution is 2.12. The van der Waals surface area contributed by atoms with Gasteiger partial charge < -0.3 is 10.6 Å². The Balaban J connectivity index is 1.83. The molecule has 1 aromatic carbocycles. The van der Waals surface area contributed by atoms with Crippen molar-refractivity contribution in [2.24, 2.45) is 0 Å². The van der Waals surface area contributed by atoms with Crippen LogP contribution in [0.25, 0.3) is 0 Å². The molecule has 0 atom stereocenters. The first-order valence-corrected chi connectivity index (χ1v) is 6.18. The lowest BCUT2D eigenvalue weighted by Gasteiger charge is -2.07. The molecule has 0 bridgehead atoms. The summed E-state index contributed by atoms with van der Waals surface area (Å²) in [6, 6.07) is 12.7. The molecular weight excluding hydrogens is 252 g/mol. The van der Waals surface area contributed by atoms with Gasteiger partial charge in [-0.05, 0) is 23.8 Å². The molecule has 0 spiro atoms. The van der Waals surface area contributed by atoms with Crippen LogP contribution in [0.5, 0.6) is 0 Å². The van der Waals surface area contributed by atoms with E-state index in [0.717, 1.165) is 5.56 Å². The first kappa shape index (κ1) is 13.7. The monoisotopic (exact) mass is 266 g/mol. The summed E-state index contributed by atoms with van der Waals surface area (Å²) in [6.45, 7) is 0.746. The Labute approximate surface area is 117 Å². The van der Waals surface area contributed by atoms with E-state index in [2.05, 4.69) is 15.6 Å². The molecule has 20 heavy (non-hydrogen) atoms. The van der Waals surface area contributed by atoms with Crippen molar-refractivity contribution in [1.82, 2.24) is 10.3 Å². The van der Waals surface area contributed by atoms with Gasteiger partial charge in [-0.1, -0.05) is 18.2 Å². The van der Waals surface area contributed by atoms with E-state index in [9.17, 15) is 4.79 Å². The maximum Gasteiger partial charge on any atom is 0.238 e. The van der Waals surface area contributed by atoms with Crippen molar-refractivity contribution in [2.75, 3.05) is 11.9 Å². The topological polar surface area (TPSA) is 77.8 Å². The number of rotatable bonds is 5. The number of nitrogens with zero attached hydrogens (tertiary/aromatic N) is 2. The van der Waals surface area contributed by atoms with E-state index in [4.69, 9.17) is 5.26 Å². The van der Waals surface area contributed by atoms with Crippen molar-refractivity contribution in [3.05, 3.63) is 59.9 Å². The second-order valence-corrected chi connectivity index (χ2v) is 4.17. The van der Waals surface area contributed by atoms with Crippen molar-refractivity contribution >= 4 is 11.6 Å². The van der Waals surface area contributed by atoms with Gasteiger partial charge in [0.1, 0.15) is 6.07 Å². The summed E-state index contributed by atoms with van der Waals surface area (Å²) in [6.07, 6.45) is 3.45. The quantitative estimate of drug-likeness (QED) is 0.863. The molecular formula is C15H14N4O. The van der Waals surface area contributed by atoms with Crippen LogP contribution in [0.4, 0.5) is 5.69 Å². The van der Waals surface area contributed by atoms with Crippen molar-refractivity contribution in [3.63, 3.8) is 0 Å². The zero-order valence-electron chi connectivity index (χ0n) is 10.8. The zero-order chi connectivity index (χ0) is 14.2. The average molecular weight is 266 g/mol. The Bertz CT molecular complexity index is 619. The standard InChI is InChI=1S/C15H14N4O/c16-8-13-5-1-2-6-14(13)19-15(20)11-18-10-12-4-3-7-17-9-12/h1-7,9,18H,10-11H2,(H,19,20). The largest absolute Gasteiger partial charge is 0.324 e. The van der Waals surface area contributed by atoms with Crippen LogP contribution in [0.1, 0.15) is 11.1 Å². The summed E-state index contributed by atoms with van der Waals surface area (Å²) in [5.74, 6) is -0.184. The lowest BCUT2D eigenvalue weighted by molar-refractivity contribution is -0.115. The normalized spacial score (nSPS) is 9.75. The Kier molecular flexibility index (Phi) is 4.81. The number of aromatic nitrogens is 1. The minimum atomic E-state index is -0.184. The van der Waals surface area contributed by atoms with Crippen molar-refractivity contribution < 1.29 is 4.79 Å². The summed E-state index contributed by atoms with van der Waals surface area (Å²) < 4.78 is 0. The predicted molar refractivity (Wildman–Crippen MR) is 75.7 cm³/mol. The highest BCUT2D eigenvalue weighted by molar-refractivity contribution is 5.93. The Morgan fingerprint density at radius 1 is 1.25 bits per heavy atom. The average Bonchev–Trinajstić information content (AvgIpc) is 2.49. The molecule has 1 amide bonds. The maximum absolute atomic E-state index is 11.8. The van der Waals surface area contributed by atoms with E-state index in [1.807, 2.05) is 18.2 Å². The fraction of sp³-hybridized carbons (Fsp3) is 0.133. The van der Waals surface area contributed by atoms with Crippen molar-refractivity contribution in [2.45, 2.75) is 6.54 Å². The summed E-state index contributed by atoms with van der Waals surface area (Å²) in [5.41, 5.74) is 1.99. The van der Waals surface area contributed by atoms with Crippen LogP contribution in [-0.4, -0.2) is 17.4 Å². The number of para-hydroxylation sites is 1. The molecule has 2 aromatic rings. The fourth-order valence-electron chi connectivity index (χ4n) is 1.71. The highest BCUT2D eigenvalue weighted by Gasteiger charge is 2.05. The van der Waals surface area contributed by atoms with Crippen molar-refractivity contribution in [1.29, 1.82) is 5.26 Å². The molecule has 0 unspecified atom stereocenters. The Morgan fingerprint density at radius 2 is 2.10 bits per heavy atom. The second-order valence-electron chi connectivity index (χ2n) is 4.17. The number of amides is 1. The van der Waals surface area contributed by atoms with E-state index >= 15 is 0 Å². The Morgan fingerprint density at radius 3 is 2.85 bits per heavy atom. The third-order valence-corrected chi connectivity index (χ3v) is 2.66. The molecule has 5 heteroatoms. The van der Waals surface area contributed by atoms with Gasteiger partial charge in [0, 0.05) is 18.9 Å². The van der Waals surface area contributed by atoms with E-state index in [0.29, 0.717) is 17.8 Å². The fourth-order valence-corrected chi connectivity index (χ4v) is 1.71. The van der Waals surface area contributed by atoms with Gasteiger partial charge in [0.2, 0.25) is 5.91 Å². The van der Waals surface area contributed by atoms with Crippen LogP contribution in [-0.2, 0) is 11.3 Å². The van der Waals surface area contributed by atoms with Crippen LogP contribution in [0.15, 0.2) is 48.8 Å². The SMILES string of the molecule is N#Cc1ccccc1NC(=O)CNCc1cccnc1. The number of carbonyl (C=O) groups is 1. The van der Waals surface area contributed by atoms with Crippen LogP contribution in [0.2, 0.25) is 0 Å². The van der Waals surface area contributed by atoms with Gasteiger partial charge >= 0.3 is 0 Å². The van der Waals surface area contributed by atoms with Gasteiger partial charge in [0.05, 0.1) is 17.8 Å². The summed E-state index contributed by atoms with van der Waals surface area (Å²) in [4.78, 5) is 15.8. The first-order valence-electron chi connectivity index (χ1n) is 6.18. The van der Waals surface area contributed by atoms with Crippen LogP contribution >= 0.6 is 0 Å². The molecule has 0 aliphatic carbocycles. The number of pyridine rings is 1. The minimum absolute atomic E-state index is 0.175. The zero-order valence-corrected chi connectivity index (χ0v) is 10.8. The lowest BCUT2D eigenvalue weighted by Crippen LogP contribution is -2.28. The lowest BCUT2D eigenvalue weighted by atomic mass is 10.2. The number of benzene rings is 1. The maximum atomic E-state index is 11.8. The van der Waals surface area contributed by atoms with E-state index in [-0.39, 0.29) is 12.5 Å². The molecule has 1 aromatic heterocycles. The predicted octanol–water partition coefficient (Wildman–Crippen LogP) is 1.68. The third kappa shape index (κ3) is 3.90. The molecule has 0 saturated heterocycles. The van der Waals surface area contributed by atoms with E-state index < -0.39 is 0 Å². The molecule has 2 rings (SSSR count). The molecule has 0 radical (unpaired) electrons. The molecule has 1 heterocycles. The number of nitrogens with one attached hydrogen (secondary N) is 2. The number of hydrogen-bond donors (Lipinski definition) is 2. The molecule has 0 fully saturated rings. The molecule has 100 valence electrons. The van der Waals surface area contributed by atoms with Crippen molar-refractivity contribution in [3.8, 4) is 6.07 Å². The molecule has 0 aliphatic heterocycles. The third-order valence-electron chi connectivity index (χ3n) is 2.66. The number of anilines is 1. The van der Waals surface area contributed by atoms with E-state index in [1.54, 1.807) is 36.7 Å². The van der Waals surface area contributed by atoms with Crippen LogP contribution in [0.3, 0.4) is 0 Å². The van der Waals surface area contributed by atoms with E-state index in [1.165, 1.54) is 0 Å². The second kappa shape index (κ2) is 7.02. The number of nitriles is 1. The molecule has 5 nitrogen and oxygen atoms in total.